The van der Waals surface area contributed by atoms with E-state index in [9.17, 15) is 9.59 Å². The number of benzene rings is 3. The minimum Gasteiger partial charge on any atom is -0.384 e. The summed E-state index contributed by atoms with van der Waals surface area (Å²) in [7, 11) is 0. The molecule has 5 rings (SSSR count). The molecular formula is C35H45N7O2. The van der Waals surface area contributed by atoms with E-state index in [1.54, 1.807) is 0 Å². The Balaban J connectivity index is 1.35. The van der Waals surface area contributed by atoms with Gasteiger partial charge in [-0.1, -0.05) is 86.0 Å². The van der Waals surface area contributed by atoms with Crippen molar-refractivity contribution in [1.29, 1.82) is 10.8 Å². The predicted molar refractivity (Wildman–Crippen MR) is 176 cm³/mol. The summed E-state index contributed by atoms with van der Waals surface area (Å²) < 4.78 is 0. The highest BCUT2D eigenvalue weighted by molar-refractivity contribution is 5.95. The van der Waals surface area contributed by atoms with E-state index in [2.05, 4.69) is 28.8 Å². The van der Waals surface area contributed by atoms with E-state index in [-0.39, 0.29) is 29.5 Å². The molecule has 232 valence electrons. The minimum absolute atomic E-state index is 0.00566. The third kappa shape index (κ3) is 7.75. The highest BCUT2D eigenvalue weighted by Gasteiger charge is 2.34. The van der Waals surface area contributed by atoms with Crippen LogP contribution in [0.2, 0.25) is 0 Å². The minimum atomic E-state index is -0.594. The lowest BCUT2D eigenvalue weighted by Gasteiger charge is -2.34. The molecular weight excluding hydrogens is 550 g/mol. The summed E-state index contributed by atoms with van der Waals surface area (Å²) in [5, 5.41) is 24.0. The Labute approximate surface area is 259 Å². The smallest absolute Gasteiger partial charge is 0.242 e. The predicted octanol–water partition coefficient (Wildman–Crippen LogP) is 4.24. The average molecular weight is 596 g/mol. The molecule has 1 unspecified atom stereocenters. The molecule has 8 N–H and O–H groups in total. The van der Waals surface area contributed by atoms with E-state index in [0.29, 0.717) is 24.4 Å². The first-order valence-corrected chi connectivity index (χ1v) is 15.9. The van der Waals surface area contributed by atoms with Crippen molar-refractivity contribution >= 4 is 34.4 Å². The van der Waals surface area contributed by atoms with Gasteiger partial charge in [-0.15, -0.1) is 0 Å². The Morgan fingerprint density at radius 3 is 2.18 bits per heavy atom. The summed E-state index contributed by atoms with van der Waals surface area (Å²) in [6.45, 7) is 2.00. The summed E-state index contributed by atoms with van der Waals surface area (Å²) in [6.07, 6.45) is 7.30. The maximum absolute atomic E-state index is 14.2. The lowest BCUT2D eigenvalue weighted by Crippen LogP contribution is -2.53. The second kappa shape index (κ2) is 14.4. The SMILES string of the molecule is N=C(N)c1ccc(CC(C(=O)N[C@H](C(=O)NCC2CCN(C(=N)N)CC2)C2CCCCC2)c2ccc3ccccc3c2)cc1. The standard InChI is InChI=1S/C35H45N7O2/c36-32(37)27-12-10-23(11-13-27)20-30(29-15-14-25-6-4-5-9-28(25)21-29)33(43)41-31(26-7-2-1-3-8-26)34(44)40-22-24-16-18-42(19-17-24)35(38)39/h4-6,9-15,21,24,26,30-31H,1-3,7-8,16-20,22H2,(H3,36,37)(H3,38,39)(H,40,44)(H,41,43)/t30?,31-/m0/s1. The molecule has 44 heavy (non-hydrogen) atoms. The Morgan fingerprint density at radius 2 is 1.52 bits per heavy atom. The van der Waals surface area contributed by atoms with E-state index >= 15 is 0 Å². The number of carbonyl (C=O) groups is 2. The maximum atomic E-state index is 14.2. The van der Waals surface area contributed by atoms with Crippen LogP contribution < -0.4 is 22.1 Å². The van der Waals surface area contributed by atoms with E-state index in [1.807, 2.05) is 53.4 Å². The zero-order valence-electron chi connectivity index (χ0n) is 25.4. The van der Waals surface area contributed by atoms with Crippen LogP contribution in [0.4, 0.5) is 0 Å². The first-order valence-electron chi connectivity index (χ1n) is 15.9. The summed E-state index contributed by atoms with van der Waals surface area (Å²) >= 11 is 0. The van der Waals surface area contributed by atoms with Gasteiger partial charge in [0.05, 0.1) is 5.92 Å². The van der Waals surface area contributed by atoms with Crippen LogP contribution in [0.3, 0.4) is 0 Å². The molecule has 0 radical (unpaired) electrons. The molecule has 1 heterocycles. The van der Waals surface area contributed by atoms with Crippen molar-refractivity contribution in [3.8, 4) is 0 Å². The van der Waals surface area contributed by atoms with Crippen LogP contribution in [0, 0.1) is 22.7 Å². The van der Waals surface area contributed by atoms with Crippen molar-refractivity contribution in [3.05, 3.63) is 83.4 Å². The number of carbonyl (C=O) groups excluding carboxylic acids is 2. The Morgan fingerprint density at radius 1 is 0.841 bits per heavy atom. The van der Waals surface area contributed by atoms with Gasteiger partial charge in [-0.2, -0.15) is 0 Å². The molecule has 9 nitrogen and oxygen atoms in total. The first-order chi connectivity index (χ1) is 21.3. The molecule has 2 atom stereocenters. The van der Waals surface area contributed by atoms with Gasteiger partial charge in [-0.3, -0.25) is 20.4 Å². The van der Waals surface area contributed by atoms with Crippen LogP contribution >= 0.6 is 0 Å². The summed E-state index contributed by atoms with van der Waals surface area (Å²) in [6, 6.07) is 21.1. The molecule has 2 fully saturated rings. The number of piperidine rings is 1. The number of nitrogens with two attached hydrogens (primary N) is 2. The van der Waals surface area contributed by atoms with Crippen LogP contribution in [-0.4, -0.2) is 54.2 Å². The number of nitrogen functional groups attached to an aromatic ring is 1. The molecule has 1 saturated heterocycles. The fourth-order valence-corrected chi connectivity index (χ4v) is 6.69. The highest BCUT2D eigenvalue weighted by atomic mass is 16.2. The molecule has 9 heteroatoms. The van der Waals surface area contributed by atoms with E-state index in [0.717, 1.165) is 79.9 Å². The van der Waals surface area contributed by atoms with Crippen LogP contribution in [-0.2, 0) is 16.0 Å². The van der Waals surface area contributed by atoms with Gasteiger partial charge in [0.25, 0.3) is 0 Å². The third-order valence-electron chi connectivity index (χ3n) is 9.42. The van der Waals surface area contributed by atoms with Crippen molar-refractivity contribution < 1.29 is 9.59 Å². The Kier molecular flexibility index (Phi) is 10.1. The summed E-state index contributed by atoms with van der Waals surface area (Å²) in [4.78, 5) is 29.9. The van der Waals surface area contributed by atoms with Gasteiger partial charge in [-0.05, 0) is 65.8 Å². The number of guanidine groups is 1. The van der Waals surface area contributed by atoms with Crippen molar-refractivity contribution in [1.82, 2.24) is 15.5 Å². The van der Waals surface area contributed by atoms with E-state index in [1.165, 1.54) is 0 Å². The zero-order chi connectivity index (χ0) is 31.1. The normalized spacial score (nSPS) is 17.5. The third-order valence-corrected chi connectivity index (χ3v) is 9.42. The fourth-order valence-electron chi connectivity index (χ4n) is 6.69. The largest absolute Gasteiger partial charge is 0.384 e. The van der Waals surface area contributed by atoms with E-state index < -0.39 is 12.0 Å². The number of rotatable bonds is 10. The van der Waals surface area contributed by atoms with Gasteiger partial charge >= 0.3 is 0 Å². The molecule has 0 spiro atoms. The number of amidine groups is 1. The lowest BCUT2D eigenvalue weighted by atomic mass is 9.82. The number of hydrogen-bond acceptors (Lipinski definition) is 4. The number of nitrogens with one attached hydrogen (secondary N) is 4. The summed E-state index contributed by atoms with van der Waals surface area (Å²) in [5.74, 6) is -0.245. The first kappa shape index (κ1) is 31.0. The fraction of sp³-hybridized carbons (Fsp3) is 0.429. The second-order valence-electron chi connectivity index (χ2n) is 12.4. The van der Waals surface area contributed by atoms with Crippen molar-refractivity contribution in [2.24, 2.45) is 23.3 Å². The average Bonchev–Trinajstić information content (AvgIpc) is 3.05. The van der Waals surface area contributed by atoms with Gasteiger partial charge in [0.15, 0.2) is 5.96 Å². The molecule has 3 aromatic carbocycles. The van der Waals surface area contributed by atoms with Gasteiger partial charge in [0.2, 0.25) is 11.8 Å². The number of nitrogens with zero attached hydrogens (tertiary/aromatic N) is 1. The van der Waals surface area contributed by atoms with Crippen LogP contribution in [0.15, 0.2) is 66.7 Å². The molecule has 0 aromatic heterocycles. The highest BCUT2D eigenvalue weighted by Crippen LogP contribution is 2.30. The molecule has 2 aliphatic rings. The topological polar surface area (TPSA) is 161 Å². The molecule has 3 aromatic rings. The van der Waals surface area contributed by atoms with Crippen molar-refractivity contribution in [3.63, 3.8) is 0 Å². The second-order valence-corrected chi connectivity index (χ2v) is 12.4. The van der Waals surface area contributed by atoms with Crippen LogP contribution in [0.5, 0.6) is 0 Å². The van der Waals surface area contributed by atoms with Crippen molar-refractivity contribution in [2.45, 2.75) is 63.3 Å². The molecule has 1 aliphatic heterocycles. The van der Waals surface area contributed by atoms with Gasteiger partial charge < -0.3 is 27.0 Å². The van der Waals surface area contributed by atoms with Crippen molar-refractivity contribution in [2.75, 3.05) is 19.6 Å². The quantitative estimate of drug-likeness (QED) is 0.152. The zero-order valence-corrected chi connectivity index (χ0v) is 25.4. The molecule has 0 bridgehead atoms. The monoisotopic (exact) mass is 595 g/mol. The number of fused-ring (bicyclic) bond motifs is 1. The van der Waals surface area contributed by atoms with Crippen LogP contribution in [0.25, 0.3) is 10.8 Å². The number of amides is 2. The van der Waals surface area contributed by atoms with E-state index in [4.69, 9.17) is 22.3 Å². The van der Waals surface area contributed by atoms with Gasteiger partial charge in [-0.25, -0.2) is 0 Å². The molecule has 2 amide bonds. The maximum Gasteiger partial charge on any atom is 0.242 e. The van der Waals surface area contributed by atoms with Crippen LogP contribution in [0.1, 0.15) is 67.6 Å². The Bertz CT molecular complexity index is 1470. The lowest BCUT2D eigenvalue weighted by molar-refractivity contribution is -0.131. The number of likely N-dealkylation sites (tertiary alicyclic amines) is 1. The van der Waals surface area contributed by atoms with Gasteiger partial charge in [0.1, 0.15) is 11.9 Å². The Hall–Kier alpha value is -4.40. The molecule has 1 aliphatic carbocycles. The summed E-state index contributed by atoms with van der Waals surface area (Å²) in [5.41, 5.74) is 13.8. The van der Waals surface area contributed by atoms with Gasteiger partial charge in [0, 0.05) is 25.2 Å². The number of hydrogen-bond donors (Lipinski definition) is 6. The molecule has 1 saturated carbocycles.